The molecule has 0 bridgehead atoms. The molecule has 35 heavy (non-hydrogen) atoms. The number of nitrogens with two attached hydrogens (primary N) is 1. The molecule has 2 aliphatic rings. The second-order valence-electron chi connectivity index (χ2n) is 7.52. The maximum Gasteiger partial charge on any atom is 0.338 e. The quantitative estimate of drug-likeness (QED) is 0.250. The first-order valence-electron chi connectivity index (χ1n) is 10.8. The van der Waals surface area contributed by atoms with Gasteiger partial charge in [0.05, 0.1) is 18.4 Å². The summed E-state index contributed by atoms with van der Waals surface area (Å²) < 4.78 is 23.7. The highest BCUT2D eigenvalue weighted by molar-refractivity contribution is 7.99. The highest BCUT2D eigenvalue weighted by Crippen LogP contribution is 2.36. The van der Waals surface area contributed by atoms with Gasteiger partial charge in [-0.3, -0.25) is 0 Å². The molecule has 0 saturated carbocycles. The molecule has 0 aliphatic carbocycles. The third-order valence-corrected chi connectivity index (χ3v) is 6.28. The van der Waals surface area contributed by atoms with Crippen molar-refractivity contribution in [3.8, 4) is 11.5 Å². The van der Waals surface area contributed by atoms with E-state index < -0.39 is 24.1 Å². The number of benzene rings is 1. The van der Waals surface area contributed by atoms with Crippen LogP contribution in [0.4, 0.5) is 4.79 Å². The smallest absolute Gasteiger partial charge is 0.338 e. The highest BCUT2D eigenvalue weighted by Gasteiger charge is 2.35. The summed E-state index contributed by atoms with van der Waals surface area (Å²) in [6.45, 7) is 2.11. The van der Waals surface area contributed by atoms with Gasteiger partial charge in [0.1, 0.15) is 18.4 Å². The number of urea groups is 1. The molecular weight excluding hydrogens is 476 g/mol. The zero-order valence-electron chi connectivity index (χ0n) is 18.6. The van der Waals surface area contributed by atoms with Crippen LogP contribution < -0.4 is 25.9 Å². The minimum atomic E-state index is -0.799. The Morgan fingerprint density at radius 3 is 2.86 bits per heavy atom. The number of hydrogen-bond acceptors (Lipinski definition) is 10. The van der Waals surface area contributed by atoms with Crippen LogP contribution >= 0.6 is 11.8 Å². The van der Waals surface area contributed by atoms with E-state index >= 15 is 0 Å². The topological polar surface area (TPSA) is 156 Å². The zero-order valence-corrected chi connectivity index (χ0v) is 19.4. The van der Waals surface area contributed by atoms with Gasteiger partial charge in [-0.1, -0.05) is 23.9 Å². The number of amides is 2. The molecule has 0 spiro atoms. The molecule has 5 rings (SSSR count). The summed E-state index contributed by atoms with van der Waals surface area (Å²) in [6.07, 6.45) is 0.919. The molecule has 4 N–H and O–H groups in total. The van der Waals surface area contributed by atoms with E-state index in [0.717, 1.165) is 0 Å². The van der Waals surface area contributed by atoms with E-state index in [1.54, 1.807) is 25.1 Å². The number of esters is 1. The number of carbonyl (C=O) groups is 2. The van der Waals surface area contributed by atoms with Crippen molar-refractivity contribution in [3.05, 3.63) is 65.5 Å². The molecule has 4 heterocycles. The number of aromatic nitrogens is 3. The molecule has 0 fully saturated rings. The molecule has 182 valence electrons. The molecule has 12 nitrogen and oxygen atoms in total. The maximum atomic E-state index is 12.8. The fourth-order valence-electron chi connectivity index (χ4n) is 3.74. The first-order chi connectivity index (χ1) is 17.0. The fraction of sp³-hybridized carbons (Fsp3) is 0.273. The van der Waals surface area contributed by atoms with Gasteiger partial charge in [-0.05, 0) is 31.2 Å². The number of hydrogen-bond donors (Lipinski definition) is 3. The molecule has 0 unspecified atom stereocenters. The monoisotopic (exact) mass is 498 g/mol. The molecule has 0 saturated heterocycles. The van der Waals surface area contributed by atoms with Gasteiger partial charge in [0.2, 0.25) is 5.16 Å². The summed E-state index contributed by atoms with van der Waals surface area (Å²) in [4.78, 5) is 25.1. The lowest BCUT2D eigenvalue weighted by molar-refractivity contribution is -0.139. The molecule has 2 amide bonds. The molecule has 0 radical (unpaired) electrons. The van der Waals surface area contributed by atoms with Gasteiger partial charge >= 0.3 is 12.0 Å². The van der Waals surface area contributed by atoms with Crippen LogP contribution in [0.25, 0.3) is 0 Å². The lowest BCUT2D eigenvalue weighted by atomic mass is 10.0. The number of rotatable bonds is 7. The Kier molecular flexibility index (Phi) is 6.23. The molecule has 2 atom stereocenters. The van der Waals surface area contributed by atoms with E-state index in [9.17, 15) is 9.59 Å². The second kappa shape index (κ2) is 9.62. The second-order valence-corrected chi connectivity index (χ2v) is 8.47. The predicted octanol–water partition coefficient (Wildman–Crippen LogP) is 2.06. The first-order valence-corrected chi connectivity index (χ1v) is 11.8. The summed E-state index contributed by atoms with van der Waals surface area (Å²) in [5, 5.41) is 14.1. The van der Waals surface area contributed by atoms with Crippen molar-refractivity contribution in [2.75, 3.05) is 24.8 Å². The van der Waals surface area contributed by atoms with Crippen LogP contribution in [0.5, 0.6) is 11.5 Å². The summed E-state index contributed by atoms with van der Waals surface area (Å²) in [7, 11) is 0. The van der Waals surface area contributed by atoms with Gasteiger partial charge in [-0.25, -0.2) is 14.3 Å². The molecule has 3 aromatic rings. The van der Waals surface area contributed by atoms with E-state index in [4.69, 9.17) is 24.5 Å². The zero-order chi connectivity index (χ0) is 24.4. The van der Waals surface area contributed by atoms with Crippen LogP contribution in [-0.2, 0) is 9.53 Å². The Bertz CT molecular complexity index is 1270. The van der Waals surface area contributed by atoms with E-state index in [1.165, 1.54) is 22.7 Å². The van der Waals surface area contributed by atoms with Gasteiger partial charge in [-0.2, -0.15) is 0 Å². The van der Waals surface area contributed by atoms with Gasteiger partial charge < -0.3 is 35.1 Å². The number of furan rings is 1. The Morgan fingerprint density at radius 2 is 2.09 bits per heavy atom. The highest BCUT2D eigenvalue weighted by atomic mass is 32.2. The van der Waals surface area contributed by atoms with Gasteiger partial charge in [0.15, 0.2) is 23.4 Å². The molecule has 2 aromatic heterocycles. The van der Waals surface area contributed by atoms with E-state index in [0.29, 0.717) is 33.9 Å². The number of carbonyl (C=O) groups excluding carboxylic acids is 2. The Labute approximate surface area is 203 Å². The average molecular weight is 499 g/mol. The van der Waals surface area contributed by atoms with Crippen LogP contribution in [0, 0.1) is 0 Å². The van der Waals surface area contributed by atoms with E-state index in [2.05, 4.69) is 20.8 Å². The fourth-order valence-corrected chi connectivity index (χ4v) is 4.57. The standard InChI is InChI=1S/C22H22N6O6S/c1-2-31-20(29)17-12(24-21(30)25-18(17)15-8-5-9-32-15)11-35-22-27-26-19(28(22)23)16-10-33-13-6-3-4-7-14(13)34-16/h3-9,16,18H,2,10-11,23H2,1H3,(H2,24,25,30)/t16-,18-/m1/s1. The van der Waals surface area contributed by atoms with Crippen LogP contribution in [-0.4, -0.2) is 45.8 Å². The van der Waals surface area contributed by atoms with Crippen LogP contribution in [0.3, 0.4) is 0 Å². The molecular formula is C22H22N6O6S. The molecule has 1 aromatic carbocycles. The number of thioether (sulfide) groups is 1. The van der Waals surface area contributed by atoms with Crippen LogP contribution in [0.1, 0.15) is 30.7 Å². The van der Waals surface area contributed by atoms with Crippen molar-refractivity contribution in [1.29, 1.82) is 0 Å². The summed E-state index contributed by atoms with van der Waals surface area (Å²) in [5.41, 5.74) is 0.590. The van der Waals surface area contributed by atoms with Crippen molar-refractivity contribution in [3.63, 3.8) is 0 Å². The van der Waals surface area contributed by atoms with E-state index in [1.807, 2.05) is 18.2 Å². The van der Waals surface area contributed by atoms with Gasteiger partial charge in [0, 0.05) is 11.4 Å². The Balaban J connectivity index is 1.38. The van der Waals surface area contributed by atoms with Crippen molar-refractivity contribution in [1.82, 2.24) is 25.5 Å². The number of nitrogens with zero attached hydrogens (tertiary/aromatic N) is 3. The van der Waals surface area contributed by atoms with Crippen LogP contribution in [0.2, 0.25) is 0 Å². The maximum absolute atomic E-state index is 12.8. The third-order valence-electron chi connectivity index (χ3n) is 5.31. The average Bonchev–Trinajstić information content (AvgIpc) is 3.52. The number of ether oxygens (including phenoxy) is 3. The minimum absolute atomic E-state index is 0.166. The van der Waals surface area contributed by atoms with Gasteiger partial charge in [0.25, 0.3) is 0 Å². The minimum Gasteiger partial charge on any atom is -0.485 e. The number of fused-ring (bicyclic) bond motifs is 1. The predicted molar refractivity (Wildman–Crippen MR) is 123 cm³/mol. The number of para-hydroxylation sites is 2. The largest absolute Gasteiger partial charge is 0.485 e. The van der Waals surface area contributed by atoms with Crippen molar-refractivity contribution in [2.45, 2.75) is 24.2 Å². The first kappa shape index (κ1) is 22.7. The van der Waals surface area contributed by atoms with E-state index in [-0.39, 0.29) is 24.5 Å². The van der Waals surface area contributed by atoms with Crippen molar-refractivity contribution >= 4 is 23.8 Å². The Hall–Kier alpha value is -4.13. The lowest BCUT2D eigenvalue weighted by Gasteiger charge is -2.27. The summed E-state index contributed by atoms with van der Waals surface area (Å²) in [6, 6.07) is 9.39. The number of nitrogen functional groups attached to an aromatic ring is 1. The molecule has 13 heteroatoms. The van der Waals surface area contributed by atoms with Crippen molar-refractivity contribution in [2.24, 2.45) is 0 Å². The van der Waals surface area contributed by atoms with Crippen LogP contribution in [0.15, 0.2) is 63.5 Å². The van der Waals surface area contributed by atoms with Gasteiger partial charge in [-0.15, -0.1) is 10.2 Å². The normalized spacial score (nSPS) is 19.2. The lowest BCUT2D eigenvalue weighted by Crippen LogP contribution is -2.46. The Morgan fingerprint density at radius 1 is 1.26 bits per heavy atom. The summed E-state index contributed by atoms with van der Waals surface area (Å²) in [5.74, 6) is 7.87. The van der Waals surface area contributed by atoms with Crippen molar-refractivity contribution < 1.29 is 28.2 Å². The third kappa shape index (κ3) is 4.49. The molecule has 2 aliphatic heterocycles. The summed E-state index contributed by atoms with van der Waals surface area (Å²) >= 11 is 1.19. The number of nitrogens with one attached hydrogen (secondary N) is 2. The SMILES string of the molecule is CCOC(=O)C1=C(CSc2nnc([C@H]3COc4ccccc4O3)n2N)NC(=O)N[C@@H]1c1ccco1.